The van der Waals surface area contributed by atoms with E-state index in [1.165, 1.54) is 5.56 Å². The van der Waals surface area contributed by atoms with Gasteiger partial charge in [-0.15, -0.1) is 0 Å². The molecular weight excluding hydrogens is 342 g/mol. The Balaban J connectivity index is 1.49. The lowest BCUT2D eigenvalue weighted by atomic mass is 10.1. The molecule has 1 fully saturated rings. The third-order valence-corrected chi connectivity index (χ3v) is 4.83. The van der Waals surface area contributed by atoms with Crippen molar-refractivity contribution in [1.29, 1.82) is 0 Å². The molecule has 2 aromatic rings. The van der Waals surface area contributed by atoms with Crippen LogP contribution in [0.4, 0.5) is 10.5 Å². The van der Waals surface area contributed by atoms with Gasteiger partial charge in [0.25, 0.3) is 0 Å². The van der Waals surface area contributed by atoms with Crippen LogP contribution in [0.1, 0.15) is 5.56 Å². The molecule has 1 saturated heterocycles. The molecule has 1 heterocycles. The van der Waals surface area contributed by atoms with Gasteiger partial charge in [-0.05, 0) is 24.1 Å². The van der Waals surface area contributed by atoms with E-state index in [2.05, 4.69) is 22.3 Å². The van der Waals surface area contributed by atoms with E-state index in [1.807, 2.05) is 41.3 Å². The number of urea groups is 1. The first-order chi connectivity index (χ1) is 13.2. The number of carbonyl (C=O) groups is 1. The van der Waals surface area contributed by atoms with Crippen LogP contribution in [0, 0.1) is 0 Å². The summed E-state index contributed by atoms with van der Waals surface area (Å²) in [6.07, 6.45) is 0.843. The van der Waals surface area contributed by atoms with Crippen LogP contribution in [-0.4, -0.2) is 57.9 Å². The fourth-order valence-corrected chi connectivity index (χ4v) is 3.27. The van der Waals surface area contributed by atoms with Crippen molar-refractivity contribution in [1.82, 2.24) is 10.2 Å². The highest BCUT2D eigenvalue weighted by Gasteiger charge is 2.23. The summed E-state index contributed by atoms with van der Waals surface area (Å²) in [6.45, 7) is 3.57. The van der Waals surface area contributed by atoms with E-state index in [4.69, 9.17) is 9.47 Å². The quantitative estimate of drug-likeness (QED) is 0.851. The summed E-state index contributed by atoms with van der Waals surface area (Å²) < 4.78 is 10.8. The molecule has 0 spiro atoms. The third kappa shape index (κ3) is 4.84. The van der Waals surface area contributed by atoms with Crippen molar-refractivity contribution in [3.8, 4) is 11.5 Å². The van der Waals surface area contributed by atoms with Crippen molar-refractivity contribution in [2.45, 2.75) is 6.42 Å². The molecule has 0 bridgehead atoms. The summed E-state index contributed by atoms with van der Waals surface area (Å²) in [5.41, 5.74) is 2.26. The van der Waals surface area contributed by atoms with Crippen LogP contribution < -0.4 is 19.7 Å². The third-order valence-electron chi connectivity index (χ3n) is 4.83. The van der Waals surface area contributed by atoms with Gasteiger partial charge in [0.1, 0.15) is 11.5 Å². The van der Waals surface area contributed by atoms with E-state index in [1.54, 1.807) is 14.2 Å². The average Bonchev–Trinajstić information content (AvgIpc) is 2.74. The Hall–Kier alpha value is -2.89. The summed E-state index contributed by atoms with van der Waals surface area (Å²) in [5.74, 6) is 1.56. The minimum absolute atomic E-state index is 0.00674. The zero-order chi connectivity index (χ0) is 19.1. The summed E-state index contributed by atoms with van der Waals surface area (Å²) in [5, 5.41) is 3.02. The van der Waals surface area contributed by atoms with Crippen molar-refractivity contribution in [2.24, 2.45) is 0 Å². The lowest BCUT2D eigenvalue weighted by Gasteiger charge is -2.36. The van der Waals surface area contributed by atoms with E-state index in [-0.39, 0.29) is 6.03 Å². The predicted molar refractivity (Wildman–Crippen MR) is 107 cm³/mol. The maximum Gasteiger partial charge on any atom is 0.317 e. The van der Waals surface area contributed by atoms with Gasteiger partial charge in [0.05, 0.1) is 19.9 Å². The second kappa shape index (κ2) is 9.16. The van der Waals surface area contributed by atoms with Crippen LogP contribution in [0.5, 0.6) is 11.5 Å². The van der Waals surface area contributed by atoms with E-state index in [9.17, 15) is 4.79 Å². The number of hydrogen-bond acceptors (Lipinski definition) is 4. The van der Waals surface area contributed by atoms with Gasteiger partial charge in [-0.25, -0.2) is 4.79 Å². The highest BCUT2D eigenvalue weighted by atomic mass is 16.5. The molecule has 144 valence electrons. The van der Waals surface area contributed by atoms with Crippen LogP contribution in [0.2, 0.25) is 0 Å². The topological polar surface area (TPSA) is 54.0 Å². The number of hydrogen-bond donors (Lipinski definition) is 1. The minimum atomic E-state index is 0.00674. The number of nitrogens with zero attached hydrogens (tertiary/aromatic N) is 2. The molecule has 3 rings (SSSR count). The number of amides is 2. The van der Waals surface area contributed by atoms with E-state index < -0.39 is 0 Å². The van der Waals surface area contributed by atoms with E-state index in [0.29, 0.717) is 19.6 Å². The maximum atomic E-state index is 12.4. The van der Waals surface area contributed by atoms with Crippen LogP contribution in [0.3, 0.4) is 0 Å². The molecule has 0 aliphatic carbocycles. The first-order valence-electron chi connectivity index (χ1n) is 9.25. The van der Waals surface area contributed by atoms with Crippen LogP contribution in [-0.2, 0) is 6.42 Å². The highest BCUT2D eigenvalue weighted by molar-refractivity contribution is 5.74. The van der Waals surface area contributed by atoms with Crippen molar-refractivity contribution >= 4 is 11.7 Å². The lowest BCUT2D eigenvalue weighted by molar-refractivity contribution is 0.194. The number of nitrogens with one attached hydrogen (secondary N) is 1. The highest BCUT2D eigenvalue weighted by Crippen LogP contribution is 2.32. The lowest BCUT2D eigenvalue weighted by Crippen LogP contribution is -2.52. The van der Waals surface area contributed by atoms with Crippen LogP contribution in [0.15, 0.2) is 48.5 Å². The fourth-order valence-electron chi connectivity index (χ4n) is 3.27. The molecule has 2 amide bonds. The summed E-state index contributed by atoms with van der Waals surface area (Å²) in [6, 6.07) is 16.0. The molecule has 0 saturated carbocycles. The first kappa shape index (κ1) is 18.9. The summed E-state index contributed by atoms with van der Waals surface area (Å²) in [7, 11) is 3.30. The SMILES string of the molecule is COc1ccc(N2CCN(C(=O)NCCc3ccccc3)CC2)c(OC)c1. The normalized spacial score (nSPS) is 14.0. The second-order valence-electron chi connectivity index (χ2n) is 6.48. The van der Waals surface area contributed by atoms with Gasteiger partial charge in [0, 0.05) is 38.8 Å². The van der Waals surface area contributed by atoms with Gasteiger partial charge in [-0.1, -0.05) is 30.3 Å². The Bertz CT molecular complexity index is 744. The number of piperazine rings is 1. The van der Waals surface area contributed by atoms with Gasteiger partial charge in [-0.2, -0.15) is 0 Å². The standard InChI is InChI=1S/C21H27N3O3/c1-26-18-8-9-19(20(16-18)27-2)23-12-14-24(15-13-23)21(25)22-11-10-17-6-4-3-5-7-17/h3-9,16H,10-15H2,1-2H3,(H,22,25). The van der Waals surface area contributed by atoms with Crippen molar-refractivity contribution in [3.63, 3.8) is 0 Å². The number of carbonyl (C=O) groups excluding carboxylic acids is 1. The molecule has 1 aliphatic heterocycles. The molecule has 0 atom stereocenters. The molecule has 1 N–H and O–H groups in total. The Morgan fingerprint density at radius 1 is 1.00 bits per heavy atom. The molecule has 0 aromatic heterocycles. The van der Waals surface area contributed by atoms with Gasteiger partial charge in [0.2, 0.25) is 0 Å². The number of rotatable bonds is 6. The van der Waals surface area contributed by atoms with Crippen molar-refractivity contribution in [3.05, 3.63) is 54.1 Å². The second-order valence-corrected chi connectivity index (χ2v) is 6.48. The van der Waals surface area contributed by atoms with Gasteiger partial charge in [0.15, 0.2) is 0 Å². The number of anilines is 1. The first-order valence-corrected chi connectivity index (χ1v) is 9.25. The summed E-state index contributed by atoms with van der Waals surface area (Å²) >= 11 is 0. The summed E-state index contributed by atoms with van der Waals surface area (Å²) in [4.78, 5) is 16.5. The molecule has 27 heavy (non-hydrogen) atoms. The van der Waals surface area contributed by atoms with Gasteiger partial charge in [-0.3, -0.25) is 0 Å². The Labute approximate surface area is 160 Å². The molecule has 2 aromatic carbocycles. The molecule has 6 heteroatoms. The zero-order valence-corrected chi connectivity index (χ0v) is 16.0. The van der Waals surface area contributed by atoms with Crippen LogP contribution >= 0.6 is 0 Å². The molecule has 6 nitrogen and oxygen atoms in total. The monoisotopic (exact) mass is 369 g/mol. The predicted octanol–water partition coefficient (Wildman–Crippen LogP) is 2.78. The maximum absolute atomic E-state index is 12.4. The average molecular weight is 369 g/mol. The van der Waals surface area contributed by atoms with Crippen molar-refractivity contribution in [2.75, 3.05) is 51.8 Å². The minimum Gasteiger partial charge on any atom is -0.497 e. The van der Waals surface area contributed by atoms with Crippen LogP contribution in [0.25, 0.3) is 0 Å². The Morgan fingerprint density at radius 2 is 1.74 bits per heavy atom. The molecule has 1 aliphatic rings. The Kier molecular flexibility index (Phi) is 6.41. The smallest absolute Gasteiger partial charge is 0.317 e. The van der Waals surface area contributed by atoms with E-state index in [0.717, 1.165) is 36.7 Å². The molecular formula is C21H27N3O3. The molecule has 0 radical (unpaired) electrons. The Morgan fingerprint density at radius 3 is 2.41 bits per heavy atom. The van der Waals surface area contributed by atoms with E-state index >= 15 is 0 Å². The largest absolute Gasteiger partial charge is 0.497 e. The zero-order valence-electron chi connectivity index (χ0n) is 16.0. The van der Waals surface area contributed by atoms with Crippen molar-refractivity contribution < 1.29 is 14.3 Å². The number of methoxy groups -OCH3 is 2. The fraction of sp³-hybridized carbons (Fsp3) is 0.381. The van der Waals surface area contributed by atoms with Gasteiger partial charge >= 0.3 is 6.03 Å². The molecule has 0 unspecified atom stereocenters. The number of ether oxygens (including phenoxy) is 2. The van der Waals surface area contributed by atoms with Gasteiger partial charge < -0.3 is 24.6 Å². The number of benzene rings is 2.